The summed E-state index contributed by atoms with van der Waals surface area (Å²) in [5.74, 6) is -0.892. The van der Waals surface area contributed by atoms with Crippen molar-refractivity contribution in [2.45, 2.75) is 71.6 Å². The molecule has 44 heavy (non-hydrogen) atoms. The van der Waals surface area contributed by atoms with Crippen molar-refractivity contribution >= 4 is 32.9 Å². The van der Waals surface area contributed by atoms with Gasteiger partial charge in [-0.05, 0) is 80.7 Å². The number of aromatic nitrogens is 1. The van der Waals surface area contributed by atoms with Crippen LogP contribution in [-0.2, 0) is 34.3 Å². The minimum atomic E-state index is -3.97. The number of piperidine rings is 1. The maximum Gasteiger partial charge on any atom is 0.410 e. The number of sulfonamides is 1. The number of aryl methyl sites for hydroxylation is 4. The zero-order valence-electron chi connectivity index (χ0n) is 25.5. The number of ether oxygens (including phenoxy) is 1. The highest BCUT2D eigenvalue weighted by atomic mass is 32.2. The number of likely N-dealkylation sites (tertiary alicyclic amines) is 1. The van der Waals surface area contributed by atoms with Crippen LogP contribution in [0.5, 0.6) is 0 Å². The molecule has 1 aromatic heterocycles. The summed E-state index contributed by atoms with van der Waals surface area (Å²) in [5.41, 5.74) is 5.22. The third-order valence-electron chi connectivity index (χ3n) is 8.41. The fourth-order valence-electron chi connectivity index (χ4n) is 6.12. The molecule has 4 aromatic rings. The molecule has 8 nitrogen and oxygen atoms in total. The maximum absolute atomic E-state index is 13.6. The van der Waals surface area contributed by atoms with Gasteiger partial charge in [0.25, 0.3) is 5.91 Å². The van der Waals surface area contributed by atoms with E-state index in [9.17, 15) is 18.0 Å². The van der Waals surface area contributed by atoms with Crippen molar-refractivity contribution in [1.29, 1.82) is 0 Å². The Labute approximate surface area is 260 Å². The Morgan fingerprint density at radius 2 is 1.64 bits per heavy atom. The molecule has 0 radical (unpaired) electrons. The highest BCUT2D eigenvalue weighted by Crippen LogP contribution is 2.28. The van der Waals surface area contributed by atoms with E-state index in [-0.39, 0.29) is 24.8 Å². The van der Waals surface area contributed by atoms with E-state index in [1.807, 2.05) is 85.1 Å². The summed E-state index contributed by atoms with van der Waals surface area (Å²) in [5, 5.41) is 0.935. The summed E-state index contributed by atoms with van der Waals surface area (Å²) < 4.78 is 36.4. The summed E-state index contributed by atoms with van der Waals surface area (Å²) >= 11 is 0. The highest BCUT2D eigenvalue weighted by Gasteiger charge is 2.30. The SMILES string of the molecule is Cc1ccc2c(C)c(C(=O)NS(=O)(=O)CCC3CCCCN3C(=O)OCc3ccccc3)n(CCCc3ccccc3)c2c1. The fraction of sp³-hybridized carbons (Fsp3) is 0.371. The lowest BCUT2D eigenvalue weighted by atomic mass is 10.0. The van der Waals surface area contributed by atoms with Crippen molar-refractivity contribution in [3.63, 3.8) is 0 Å². The molecule has 2 heterocycles. The Bertz CT molecular complexity index is 1700. The summed E-state index contributed by atoms with van der Waals surface area (Å²) in [4.78, 5) is 28.2. The lowest BCUT2D eigenvalue weighted by molar-refractivity contribution is 0.0672. The molecule has 1 aliphatic rings. The first-order chi connectivity index (χ1) is 21.2. The molecule has 0 spiro atoms. The molecular weight excluding hydrogens is 574 g/mol. The van der Waals surface area contributed by atoms with Gasteiger partial charge in [0.05, 0.1) is 5.75 Å². The second-order valence-corrected chi connectivity index (χ2v) is 13.5. The molecule has 1 atom stereocenters. The Kier molecular flexibility index (Phi) is 10.0. The van der Waals surface area contributed by atoms with Crippen LogP contribution in [0.2, 0.25) is 0 Å². The normalized spacial score (nSPS) is 15.3. The summed E-state index contributed by atoms with van der Waals surface area (Å²) in [6, 6.07) is 25.4. The average molecular weight is 616 g/mol. The van der Waals surface area contributed by atoms with E-state index >= 15 is 0 Å². The fourth-order valence-corrected chi connectivity index (χ4v) is 7.18. The molecule has 1 saturated heterocycles. The molecule has 3 aromatic carbocycles. The van der Waals surface area contributed by atoms with Gasteiger partial charge < -0.3 is 14.2 Å². The number of hydrogen-bond acceptors (Lipinski definition) is 5. The molecule has 9 heteroatoms. The van der Waals surface area contributed by atoms with E-state index in [0.717, 1.165) is 53.3 Å². The molecule has 1 N–H and O–H groups in total. The molecular formula is C35H41N3O5S. The van der Waals surface area contributed by atoms with Gasteiger partial charge in [0.2, 0.25) is 10.0 Å². The average Bonchev–Trinajstić information content (AvgIpc) is 3.30. The van der Waals surface area contributed by atoms with Crippen molar-refractivity contribution in [1.82, 2.24) is 14.2 Å². The second kappa shape index (κ2) is 14.1. The first kappa shape index (κ1) is 31.3. The Hall–Kier alpha value is -4.11. The molecule has 0 bridgehead atoms. The van der Waals surface area contributed by atoms with Crippen LogP contribution in [0.15, 0.2) is 78.9 Å². The van der Waals surface area contributed by atoms with Crippen LogP contribution >= 0.6 is 0 Å². The third kappa shape index (κ3) is 7.69. The molecule has 1 unspecified atom stereocenters. The lowest BCUT2D eigenvalue weighted by Crippen LogP contribution is -2.45. The Morgan fingerprint density at radius 1 is 0.932 bits per heavy atom. The number of fused-ring (bicyclic) bond motifs is 1. The number of nitrogens with one attached hydrogen (secondary N) is 1. The number of hydrogen-bond donors (Lipinski definition) is 1. The van der Waals surface area contributed by atoms with Gasteiger partial charge in [-0.15, -0.1) is 0 Å². The van der Waals surface area contributed by atoms with Crippen LogP contribution < -0.4 is 4.72 Å². The van der Waals surface area contributed by atoms with Crippen molar-refractivity contribution < 1.29 is 22.7 Å². The standard InChI is InChI=1S/C35H41N3O5S/c1-26-18-19-31-27(2)33(38(32(31)24-26)22-11-16-28-12-5-3-6-13-28)34(39)36-44(41,42)23-20-30-17-9-10-21-37(30)35(40)43-25-29-14-7-4-8-15-29/h3-8,12-15,18-19,24,30H,9-11,16-17,20-23,25H2,1-2H3,(H,36,39). The topological polar surface area (TPSA) is 97.7 Å². The number of carbonyl (C=O) groups excluding carboxylic acids is 2. The summed E-state index contributed by atoms with van der Waals surface area (Å²) in [7, 11) is -3.97. The van der Waals surface area contributed by atoms with Gasteiger partial charge in [-0.2, -0.15) is 0 Å². The number of rotatable bonds is 11. The zero-order valence-corrected chi connectivity index (χ0v) is 26.3. The number of benzene rings is 3. The molecule has 1 aliphatic heterocycles. The van der Waals surface area contributed by atoms with Gasteiger partial charge >= 0.3 is 6.09 Å². The predicted octanol–water partition coefficient (Wildman–Crippen LogP) is 6.53. The van der Waals surface area contributed by atoms with Crippen LogP contribution in [0.4, 0.5) is 4.79 Å². The predicted molar refractivity (Wildman–Crippen MR) is 173 cm³/mol. The van der Waals surface area contributed by atoms with E-state index in [1.165, 1.54) is 5.56 Å². The largest absolute Gasteiger partial charge is 0.445 e. The first-order valence-corrected chi connectivity index (χ1v) is 17.0. The highest BCUT2D eigenvalue weighted by molar-refractivity contribution is 7.90. The van der Waals surface area contributed by atoms with Crippen molar-refractivity contribution in [2.24, 2.45) is 0 Å². The van der Waals surface area contributed by atoms with Gasteiger partial charge in [0.15, 0.2) is 0 Å². The van der Waals surface area contributed by atoms with Crippen molar-refractivity contribution in [3.8, 4) is 0 Å². The molecule has 2 amide bonds. The van der Waals surface area contributed by atoms with Crippen LogP contribution in [-0.4, -0.2) is 48.2 Å². The Balaban J connectivity index is 1.26. The Morgan fingerprint density at radius 3 is 2.36 bits per heavy atom. The second-order valence-electron chi connectivity index (χ2n) is 11.7. The van der Waals surface area contributed by atoms with Crippen LogP contribution in [0.1, 0.15) is 64.8 Å². The van der Waals surface area contributed by atoms with Crippen LogP contribution in [0.3, 0.4) is 0 Å². The van der Waals surface area contributed by atoms with Gasteiger partial charge in [0.1, 0.15) is 12.3 Å². The van der Waals surface area contributed by atoms with Crippen molar-refractivity contribution in [3.05, 3.63) is 107 Å². The lowest BCUT2D eigenvalue weighted by Gasteiger charge is -2.34. The minimum Gasteiger partial charge on any atom is -0.445 e. The van der Waals surface area contributed by atoms with Gasteiger partial charge in [-0.25, -0.2) is 17.9 Å². The smallest absolute Gasteiger partial charge is 0.410 e. The number of amides is 2. The molecule has 0 saturated carbocycles. The maximum atomic E-state index is 13.6. The van der Waals surface area contributed by atoms with Gasteiger partial charge in [-0.3, -0.25) is 4.79 Å². The van der Waals surface area contributed by atoms with Crippen LogP contribution in [0.25, 0.3) is 10.9 Å². The van der Waals surface area contributed by atoms with Crippen LogP contribution in [0, 0.1) is 13.8 Å². The third-order valence-corrected chi connectivity index (χ3v) is 9.68. The number of nitrogens with zero attached hydrogens (tertiary/aromatic N) is 2. The zero-order chi connectivity index (χ0) is 31.1. The van der Waals surface area contributed by atoms with E-state index < -0.39 is 22.0 Å². The summed E-state index contributed by atoms with van der Waals surface area (Å²) in [6.07, 6.45) is 3.86. The first-order valence-electron chi connectivity index (χ1n) is 15.4. The summed E-state index contributed by atoms with van der Waals surface area (Å²) in [6.45, 7) is 5.13. The van der Waals surface area contributed by atoms with E-state index in [0.29, 0.717) is 25.2 Å². The molecule has 1 fully saturated rings. The van der Waals surface area contributed by atoms with Gasteiger partial charge in [0, 0.05) is 30.0 Å². The van der Waals surface area contributed by atoms with E-state index in [2.05, 4.69) is 16.9 Å². The number of carbonyl (C=O) groups is 2. The molecule has 0 aliphatic carbocycles. The monoisotopic (exact) mass is 615 g/mol. The van der Waals surface area contributed by atoms with E-state index in [4.69, 9.17) is 4.74 Å². The minimum absolute atomic E-state index is 0.162. The van der Waals surface area contributed by atoms with Crippen molar-refractivity contribution in [2.75, 3.05) is 12.3 Å². The molecule has 232 valence electrons. The van der Waals surface area contributed by atoms with E-state index in [1.54, 1.807) is 4.90 Å². The molecule has 5 rings (SSSR count). The quantitative estimate of drug-likeness (QED) is 0.207. The van der Waals surface area contributed by atoms with Gasteiger partial charge in [-0.1, -0.05) is 72.8 Å².